The van der Waals surface area contributed by atoms with Crippen molar-refractivity contribution in [2.24, 2.45) is 0 Å². The lowest BCUT2D eigenvalue weighted by Gasteiger charge is -2.11. The van der Waals surface area contributed by atoms with E-state index in [2.05, 4.69) is 12.2 Å². The van der Waals surface area contributed by atoms with Crippen molar-refractivity contribution in [2.45, 2.75) is 57.8 Å². The molecule has 1 heteroatoms. The first kappa shape index (κ1) is 17.5. The maximum Gasteiger partial charge on any atom is 0.163 e. The van der Waals surface area contributed by atoms with Gasteiger partial charge in [0.2, 0.25) is 0 Å². The lowest BCUT2D eigenvalue weighted by molar-refractivity contribution is -0.115. The highest BCUT2D eigenvalue weighted by Crippen LogP contribution is 2.22. The summed E-state index contributed by atoms with van der Waals surface area (Å²) in [5, 5.41) is 0. The number of hydrogen-bond donors (Lipinski definition) is 0. The molecule has 0 bridgehead atoms. The Kier molecular flexibility index (Phi) is 8.18. The summed E-state index contributed by atoms with van der Waals surface area (Å²) in [7, 11) is 0. The zero-order valence-electron chi connectivity index (χ0n) is 14.0. The molecular weight excluding hydrogens is 280 g/mol. The van der Waals surface area contributed by atoms with Crippen molar-refractivity contribution in [3.63, 3.8) is 0 Å². The Balaban J connectivity index is 2.29. The summed E-state index contributed by atoms with van der Waals surface area (Å²) in [6.45, 7) is 0. The summed E-state index contributed by atoms with van der Waals surface area (Å²) in [5.41, 5.74) is 2.10. The van der Waals surface area contributed by atoms with Crippen molar-refractivity contribution in [3.8, 4) is 0 Å². The number of carbonyl (C=O) groups is 1. The predicted octanol–water partition coefficient (Wildman–Crippen LogP) is 6.17. The number of hydrogen-bond acceptors (Lipinski definition) is 1. The third-order valence-electron chi connectivity index (χ3n) is 4.33. The Hall–Kier alpha value is -1.89. The van der Waals surface area contributed by atoms with E-state index in [1.54, 1.807) is 0 Å². The molecule has 0 spiro atoms. The van der Waals surface area contributed by atoms with E-state index >= 15 is 0 Å². The average molecular weight is 308 g/mol. The Morgan fingerprint density at radius 3 is 1.65 bits per heavy atom. The van der Waals surface area contributed by atoms with Crippen molar-refractivity contribution >= 4 is 5.78 Å². The van der Waals surface area contributed by atoms with Gasteiger partial charge in [-0.3, -0.25) is 4.79 Å². The van der Waals surface area contributed by atoms with E-state index in [0.717, 1.165) is 18.4 Å². The summed E-state index contributed by atoms with van der Waals surface area (Å²) < 4.78 is 0. The van der Waals surface area contributed by atoms with Crippen LogP contribution < -0.4 is 0 Å². The van der Waals surface area contributed by atoms with Crippen molar-refractivity contribution in [2.75, 3.05) is 0 Å². The van der Waals surface area contributed by atoms with Crippen LogP contribution in [0.15, 0.2) is 71.9 Å². The summed E-state index contributed by atoms with van der Waals surface area (Å²) in [4.78, 5) is 12.7. The second-order valence-corrected chi connectivity index (χ2v) is 6.21. The quantitative estimate of drug-likeness (QED) is 0.523. The molecule has 122 valence electrons. The molecule has 0 atom stereocenters. The number of ketones is 1. The standard InChI is InChI=1S/C22H28O/c23-22-19-15-11-7-3-5-9-13-17-20-16-12-8-4-1-2-6-10-14-18-21(20)22/h1-2,4,6,8,10,12,14,16,18H,3,5,7,9,11,13,15,17,19H2/b2-1-,4-1?,6-2?,8-4-,10-6-,12-8?,14-10?,16-12-,18-14-,20-16?,21-18?,21-20-. The van der Waals surface area contributed by atoms with Crippen LogP contribution in [0.1, 0.15) is 57.8 Å². The lowest BCUT2D eigenvalue weighted by Crippen LogP contribution is -2.04. The molecule has 0 aliphatic heterocycles. The van der Waals surface area contributed by atoms with Gasteiger partial charge >= 0.3 is 0 Å². The fourth-order valence-electron chi connectivity index (χ4n) is 3.01. The molecule has 0 N–H and O–H groups in total. The van der Waals surface area contributed by atoms with Crippen LogP contribution in [-0.4, -0.2) is 5.78 Å². The molecule has 0 saturated carbocycles. The normalized spacial score (nSPS) is 31.2. The topological polar surface area (TPSA) is 17.1 Å². The van der Waals surface area contributed by atoms with E-state index in [1.165, 1.54) is 44.1 Å². The van der Waals surface area contributed by atoms with Crippen LogP contribution in [0.25, 0.3) is 0 Å². The minimum Gasteiger partial charge on any atom is -0.294 e. The molecule has 2 rings (SSSR count). The van der Waals surface area contributed by atoms with Gasteiger partial charge in [0, 0.05) is 12.0 Å². The Bertz CT molecular complexity index is 553. The molecule has 0 aromatic heterocycles. The molecule has 1 nitrogen and oxygen atoms in total. The minimum atomic E-state index is 0.298. The molecule has 0 saturated heterocycles. The molecule has 0 fully saturated rings. The maximum absolute atomic E-state index is 12.7. The molecule has 0 unspecified atom stereocenters. The first-order valence-corrected chi connectivity index (χ1v) is 8.99. The lowest BCUT2D eigenvalue weighted by atomic mass is 9.93. The number of Topliss-reactive ketones (excluding diaryl/α,β-unsaturated/α-hetero) is 1. The molecule has 0 aromatic carbocycles. The summed E-state index contributed by atoms with van der Waals surface area (Å²) in [6.07, 6.45) is 30.4. The zero-order valence-corrected chi connectivity index (χ0v) is 14.0. The first-order valence-electron chi connectivity index (χ1n) is 8.99. The van der Waals surface area contributed by atoms with Gasteiger partial charge in [0.1, 0.15) is 0 Å². The van der Waals surface area contributed by atoms with Crippen LogP contribution in [0.3, 0.4) is 0 Å². The number of carbonyl (C=O) groups excluding carboxylic acids is 1. The van der Waals surface area contributed by atoms with Gasteiger partial charge in [-0.25, -0.2) is 0 Å². The van der Waals surface area contributed by atoms with E-state index < -0.39 is 0 Å². The van der Waals surface area contributed by atoms with Crippen LogP contribution >= 0.6 is 0 Å². The van der Waals surface area contributed by atoms with Crippen molar-refractivity contribution in [1.29, 1.82) is 0 Å². The fourth-order valence-corrected chi connectivity index (χ4v) is 3.01. The zero-order chi connectivity index (χ0) is 16.2. The summed E-state index contributed by atoms with van der Waals surface area (Å²) >= 11 is 0. The van der Waals surface area contributed by atoms with Gasteiger partial charge in [-0.05, 0) is 24.8 Å². The minimum absolute atomic E-state index is 0.298. The van der Waals surface area contributed by atoms with Gasteiger partial charge in [0.25, 0.3) is 0 Å². The largest absolute Gasteiger partial charge is 0.294 e. The fraction of sp³-hybridized carbons (Fsp3) is 0.409. The third kappa shape index (κ3) is 6.81. The molecule has 0 amide bonds. The van der Waals surface area contributed by atoms with Crippen molar-refractivity contribution in [1.82, 2.24) is 0 Å². The SMILES string of the molecule is O=C1CCCCCCCCCC2=C1/C=C\C=C/C=C\C=C/C=C\2. The van der Waals surface area contributed by atoms with Crippen LogP contribution in [0, 0.1) is 0 Å². The van der Waals surface area contributed by atoms with Crippen LogP contribution in [0.5, 0.6) is 0 Å². The molecule has 0 heterocycles. The van der Waals surface area contributed by atoms with Crippen LogP contribution in [0.4, 0.5) is 0 Å². The second-order valence-electron chi connectivity index (χ2n) is 6.21. The average Bonchev–Trinajstić information content (AvgIpc) is 2.53. The van der Waals surface area contributed by atoms with E-state index in [4.69, 9.17) is 0 Å². The molecule has 23 heavy (non-hydrogen) atoms. The molecule has 0 aromatic rings. The van der Waals surface area contributed by atoms with E-state index in [9.17, 15) is 4.79 Å². The molecular formula is C22H28O. The number of rotatable bonds is 0. The van der Waals surface area contributed by atoms with Crippen LogP contribution in [-0.2, 0) is 4.79 Å². The van der Waals surface area contributed by atoms with Crippen molar-refractivity contribution in [3.05, 3.63) is 71.9 Å². The van der Waals surface area contributed by atoms with Gasteiger partial charge in [-0.2, -0.15) is 0 Å². The third-order valence-corrected chi connectivity index (χ3v) is 4.33. The molecule has 2 aliphatic rings. The molecule has 0 radical (unpaired) electrons. The van der Waals surface area contributed by atoms with Gasteiger partial charge in [-0.15, -0.1) is 0 Å². The highest BCUT2D eigenvalue weighted by molar-refractivity contribution is 5.99. The highest BCUT2D eigenvalue weighted by atomic mass is 16.1. The van der Waals surface area contributed by atoms with Gasteiger partial charge in [0.05, 0.1) is 0 Å². The summed E-state index contributed by atoms with van der Waals surface area (Å²) in [5.74, 6) is 0.298. The second kappa shape index (κ2) is 10.8. The van der Waals surface area contributed by atoms with E-state index in [-0.39, 0.29) is 0 Å². The number of allylic oxidation sites excluding steroid dienone is 12. The smallest absolute Gasteiger partial charge is 0.163 e. The van der Waals surface area contributed by atoms with E-state index in [1.807, 2.05) is 48.6 Å². The predicted molar refractivity (Wildman–Crippen MR) is 99.3 cm³/mol. The Morgan fingerprint density at radius 1 is 0.522 bits per heavy atom. The van der Waals surface area contributed by atoms with Crippen LogP contribution in [0.2, 0.25) is 0 Å². The van der Waals surface area contributed by atoms with E-state index in [0.29, 0.717) is 12.2 Å². The first-order chi connectivity index (χ1) is 11.4. The molecule has 2 aliphatic carbocycles. The van der Waals surface area contributed by atoms with Gasteiger partial charge in [-0.1, -0.05) is 92.9 Å². The van der Waals surface area contributed by atoms with Gasteiger partial charge in [0.15, 0.2) is 5.78 Å². The Morgan fingerprint density at radius 2 is 1.00 bits per heavy atom. The maximum atomic E-state index is 12.7. The van der Waals surface area contributed by atoms with Crippen molar-refractivity contribution < 1.29 is 4.79 Å². The summed E-state index contributed by atoms with van der Waals surface area (Å²) in [6, 6.07) is 0. The highest BCUT2D eigenvalue weighted by Gasteiger charge is 2.12. The van der Waals surface area contributed by atoms with Gasteiger partial charge < -0.3 is 0 Å². The Labute approximate surface area is 140 Å². The monoisotopic (exact) mass is 308 g/mol.